The molecule has 0 bridgehead atoms. The molecule has 1 saturated carbocycles. The maximum Gasteiger partial charge on any atom is 0.414 e. The minimum Gasteiger partial charge on any atom is -0.473 e. The minimum atomic E-state index is -1.82. The number of carboxylic acids is 2. The molecule has 1 aliphatic carbocycles. The number of nitrogens with one attached hydrogen (secondary N) is 1. The monoisotopic (exact) mass is 509 g/mol. The molecule has 1 aromatic heterocycles. The largest absolute Gasteiger partial charge is 0.473 e. The topological polar surface area (TPSA) is 176 Å². The molecule has 3 heterocycles. The number of nitrogens with zero attached hydrogens (tertiary/aromatic N) is 1. The number of nitrogen functional groups attached to an aromatic ring is 1. The van der Waals surface area contributed by atoms with Gasteiger partial charge in [-0.3, -0.25) is 9.69 Å². The number of aliphatic hydroxyl groups is 1. The Labute approximate surface area is 205 Å². The quantitative estimate of drug-likeness (QED) is 0.291. The SMILES string of the molecule is Nc1c(Cl)cc(C(=O)NCC2C3CN(CC4(O)CCOCC4)CC23)c2occc12.O=C(O)C(=O)O. The van der Waals surface area contributed by atoms with E-state index in [4.69, 9.17) is 46.3 Å². The van der Waals surface area contributed by atoms with Gasteiger partial charge < -0.3 is 35.5 Å². The second kappa shape index (κ2) is 10.0. The number of amides is 1. The lowest BCUT2D eigenvalue weighted by Crippen LogP contribution is -2.47. The number of benzene rings is 1. The van der Waals surface area contributed by atoms with E-state index >= 15 is 0 Å². The fourth-order valence-electron chi connectivity index (χ4n) is 5.10. The van der Waals surface area contributed by atoms with Gasteiger partial charge in [0.2, 0.25) is 0 Å². The lowest BCUT2D eigenvalue weighted by molar-refractivity contribution is -0.159. The second-order valence-electron chi connectivity index (χ2n) is 9.33. The Kier molecular flexibility index (Phi) is 7.22. The molecule has 5 rings (SSSR count). The highest BCUT2D eigenvalue weighted by atomic mass is 35.5. The van der Waals surface area contributed by atoms with Crippen molar-refractivity contribution in [1.29, 1.82) is 0 Å². The van der Waals surface area contributed by atoms with Crippen LogP contribution in [0.1, 0.15) is 23.2 Å². The van der Waals surface area contributed by atoms with E-state index < -0.39 is 17.5 Å². The van der Waals surface area contributed by atoms with Crippen LogP contribution in [0, 0.1) is 17.8 Å². The summed E-state index contributed by atoms with van der Waals surface area (Å²) in [5.41, 5.74) is 6.66. The number of carboxylic acid groups (broad SMARTS) is 2. The van der Waals surface area contributed by atoms with Gasteiger partial charge in [-0.2, -0.15) is 0 Å². The number of carbonyl (C=O) groups is 3. The van der Waals surface area contributed by atoms with E-state index in [0.717, 1.165) is 19.6 Å². The summed E-state index contributed by atoms with van der Waals surface area (Å²) >= 11 is 6.17. The van der Waals surface area contributed by atoms with Gasteiger partial charge in [-0.1, -0.05) is 11.6 Å². The van der Waals surface area contributed by atoms with Crippen LogP contribution in [0.3, 0.4) is 0 Å². The van der Waals surface area contributed by atoms with Crippen molar-refractivity contribution in [2.75, 3.05) is 45.1 Å². The van der Waals surface area contributed by atoms with Crippen LogP contribution in [0.25, 0.3) is 11.0 Å². The summed E-state index contributed by atoms with van der Waals surface area (Å²) in [5, 5.41) is 29.5. The van der Waals surface area contributed by atoms with Gasteiger partial charge in [-0.05, 0) is 29.9 Å². The summed E-state index contributed by atoms with van der Waals surface area (Å²) in [4.78, 5) is 33.3. The highest BCUT2D eigenvalue weighted by Crippen LogP contribution is 2.51. The van der Waals surface area contributed by atoms with E-state index in [2.05, 4.69) is 10.2 Å². The summed E-state index contributed by atoms with van der Waals surface area (Å²) < 4.78 is 10.8. The lowest BCUT2D eigenvalue weighted by atomic mass is 9.93. The van der Waals surface area contributed by atoms with E-state index in [-0.39, 0.29) is 5.91 Å². The van der Waals surface area contributed by atoms with Gasteiger partial charge in [-0.15, -0.1) is 0 Å². The van der Waals surface area contributed by atoms with Crippen molar-refractivity contribution in [3.8, 4) is 0 Å². The molecule has 35 heavy (non-hydrogen) atoms. The van der Waals surface area contributed by atoms with Gasteiger partial charge in [0.25, 0.3) is 5.91 Å². The normalized spacial score (nSPS) is 24.8. The zero-order valence-corrected chi connectivity index (χ0v) is 19.7. The number of aliphatic carboxylic acids is 2. The van der Waals surface area contributed by atoms with Crippen molar-refractivity contribution in [2.24, 2.45) is 17.8 Å². The number of piperidine rings is 1. The molecule has 3 fully saturated rings. The molecule has 11 nitrogen and oxygen atoms in total. The molecule has 2 atom stereocenters. The number of anilines is 1. The molecule has 2 aromatic rings. The maximum absolute atomic E-state index is 12.7. The zero-order valence-electron chi connectivity index (χ0n) is 18.9. The van der Waals surface area contributed by atoms with Crippen LogP contribution >= 0.6 is 11.6 Å². The third-order valence-corrected chi connectivity index (χ3v) is 7.36. The number of hydrogen-bond acceptors (Lipinski definition) is 8. The summed E-state index contributed by atoms with van der Waals surface area (Å²) in [6, 6.07) is 3.29. The second-order valence-corrected chi connectivity index (χ2v) is 9.73. The van der Waals surface area contributed by atoms with E-state index in [1.54, 1.807) is 12.1 Å². The van der Waals surface area contributed by atoms with Gasteiger partial charge >= 0.3 is 11.9 Å². The summed E-state index contributed by atoms with van der Waals surface area (Å²) in [6.07, 6.45) is 2.94. The van der Waals surface area contributed by atoms with E-state index in [1.165, 1.54) is 6.26 Å². The first-order valence-corrected chi connectivity index (χ1v) is 11.7. The summed E-state index contributed by atoms with van der Waals surface area (Å²) in [5.74, 6) is -2.15. The van der Waals surface area contributed by atoms with Crippen LogP contribution in [0.5, 0.6) is 0 Å². The number of furan rings is 1. The van der Waals surface area contributed by atoms with Crippen LogP contribution in [0.4, 0.5) is 5.69 Å². The predicted octanol–water partition coefficient (Wildman–Crippen LogP) is 1.27. The Balaban J connectivity index is 0.000000431. The van der Waals surface area contributed by atoms with Crippen LogP contribution in [-0.4, -0.2) is 83.1 Å². The van der Waals surface area contributed by atoms with Gasteiger partial charge in [-0.25, -0.2) is 9.59 Å². The van der Waals surface area contributed by atoms with Crippen molar-refractivity contribution in [3.05, 3.63) is 29.0 Å². The standard InChI is InChI=1S/C21H26ClN3O4.C2H2O4/c22-17-7-13(19-12(18(17)23)1-4-29-19)20(26)24-8-14-15-9-25(10-16(14)15)11-21(27)2-5-28-6-3-21;3-1(4)2(5)6/h1,4,7,14-16,27H,2-3,5-6,8-11,23H2,(H,24,26);(H,3,4)(H,5,6). The molecular weight excluding hydrogens is 482 g/mol. The van der Waals surface area contributed by atoms with Crippen LogP contribution in [0.15, 0.2) is 22.8 Å². The number of nitrogens with two attached hydrogens (primary N) is 1. The summed E-state index contributed by atoms with van der Waals surface area (Å²) in [6.45, 7) is 4.63. The van der Waals surface area contributed by atoms with Crippen molar-refractivity contribution in [2.45, 2.75) is 18.4 Å². The number of β-amino-alcohol motifs (C(OH)–C–C–N with tert-alkyl or cyclic N) is 1. The molecule has 2 aliphatic heterocycles. The van der Waals surface area contributed by atoms with Gasteiger partial charge in [0, 0.05) is 57.6 Å². The van der Waals surface area contributed by atoms with E-state index in [1.807, 2.05) is 0 Å². The average molecular weight is 510 g/mol. The number of halogens is 1. The molecule has 12 heteroatoms. The van der Waals surface area contributed by atoms with Gasteiger partial charge in [0.1, 0.15) is 5.58 Å². The van der Waals surface area contributed by atoms with Crippen molar-refractivity contribution in [3.63, 3.8) is 0 Å². The zero-order chi connectivity index (χ0) is 25.3. The van der Waals surface area contributed by atoms with Gasteiger partial charge in [0.05, 0.1) is 28.1 Å². The third kappa shape index (κ3) is 5.53. The number of fused-ring (bicyclic) bond motifs is 2. The van der Waals surface area contributed by atoms with E-state index in [0.29, 0.717) is 77.6 Å². The Morgan fingerprint density at radius 2 is 1.80 bits per heavy atom. The molecule has 190 valence electrons. The number of hydrogen-bond donors (Lipinski definition) is 5. The lowest BCUT2D eigenvalue weighted by Gasteiger charge is -2.36. The number of carbonyl (C=O) groups excluding carboxylic acids is 1. The fourth-order valence-corrected chi connectivity index (χ4v) is 5.31. The van der Waals surface area contributed by atoms with Crippen molar-refractivity contribution in [1.82, 2.24) is 10.2 Å². The molecule has 3 aliphatic rings. The molecule has 1 amide bonds. The first-order chi connectivity index (χ1) is 16.6. The predicted molar refractivity (Wildman–Crippen MR) is 125 cm³/mol. The third-order valence-electron chi connectivity index (χ3n) is 7.04. The Hall–Kier alpha value is -2.86. The molecule has 2 saturated heterocycles. The van der Waals surface area contributed by atoms with Crippen molar-refractivity contribution >= 4 is 46.1 Å². The maximum atomic E-state index is 12.7. The Morgan fingerprint density at radius 3 is 2.40 bits per heavy atom. The van der Waals surface area contributed by atoms with Gasteiger partial charge in [0.15, 0.2) is 0 Å². The number of rotatable bonds is 5. The highest BCUT2D eigenvalue weighted by Gasteiger charge is 2.56. The average Bonchev–Trinajstić information content (AvgIpc) is 3.15. The van der Waals surface area contributed by atoms with Crippen LogP contribution < -0.4 is 11.1 Å². The number of ether oxygens (including phenoxy) is 1. The fraction of sp³-hybridized carbons (Fsp3) is 0.522. The first-order valence-electron chi connectivity index (χ1n) is 11.3. The van der Waals surface area contributed by atoms with E-state index in [9.17, 15) is 9.90 Å². The number of likely N-dealkylation sites (tertiary alicyclic amines) is 1. The Morgan fingerprint density at radius 1 is 1.17 bits per heavy atom. The van der Waals surface area contributed by atoms with Crippen molar-refractivity contribution < 1.29 is 38.9 Å². The molecule has 6 N–H and O–H groups in total. The molecule has 2 unspecified atom stereocenters. The minimum absolute atomic E-state index is 0.190. The smallest absolute Gasteiger partial charge is 0.414 e. The molecular formula is C23H28ClN3O8. The van der Waals surface area contributed by atoms with Crippen LogP contribution in [0.2, 0.25) is 5.02 Å². The summed E-state index contributed by atoms with van der Waals surface area (Å²) in [7, 11) is 0. The molecule has 0 radical (unpaired) electrons. The first kappa shape index (κ1) is 25.2. The highest BCUT2D eigenvalue weighted by molar-refractivity contribution is 6.35. The molecule has 0 spiro atoms. The Bertz CT molecular complexity index is 1110. The van der Waals surface area contributed by atoms with Crippen LogP contribution in [-0.2, 0) is 14.3 Å². The molecule has 1 aromatic carbocycles.